The van der Waals surface area contributed by atoms with Crippen LogP contribution in [0.3, 0.4) is 0 Å². The normalized spacial score (nSPS) is 18.8. The molecule has 88 valence electrons. The first-order valence-electron chi connectivity index (χ1n) is 5.37. The molecule has 1 amide bonds. The number of nitrogens with zero attached hydrogens (tertiary/aromatic N) is 1. The van der Waals surface area contributed by atoms with Crippen LogP contribution in [0.15, 0.2) is 18.2 Å². The number of rotatable bonds is 3. The van der Waals surface area contributed by atoms with E-state index in [1.54, 1.807) is 0 Å². The van der Waals surface area contributed by atoms with Crippen LogP contribution in [0.2, 0.25) is 0 Å². The fraction of sp³-hybridized carbons (Fsp3) is 0.333. The van der Waals surface area contributed by atoms with Gasteiger partial charge in [-0.3, -0.25) is 4.79 Å². The van der Waals surface area contributed by atoms with E-state index in [9.17, 15) is 9.18 Å². The highest BCUT2D eigenvalue weighted by Gasteiger charge is 2.20. The summed E-state index contributed by atoms with van der Waals surface area (Å²) >= 11 is 0. The van der Waals surface area contributed by atoms with Crippen molar-refractivity contribution in [2.45, 2.75) is 19.0 Å². The standard InChI is InChI=1S/C12H12FN3O/c13-10-2-1-8(5-14)9(3-10)6-15-11-4-12(17)16-7-11/h1-3,11,15H,4,6-7H2,(H,16,17). The Morgan fingerprint density at radius 3 is 3.06 bits per heavy atom. The van der Waals surface area contributed by atoms with Gasteiger partial charge in [-0.2, -0.15) is 5.26 Å². The maximum atomic E-state index is 13.0. The summed E-state index contributed by atoms with van der Waals surface area (Å²) in [6.45, 7) is 0.969. The van der Waals surface area contributed by atoms with E-state index < -0.39 is 0 Å². The second kappa shape index (κ2) is 4.93. The van der Waals surface area contributed by atoms with Gasteiger partial charge in [-0.25, -0.2) is 4.39 Å². The molecular weight excluding hydrogens is 221 g/mol. The summed E-state index contributed by atoms with van der Waals surface area (Å²) < 4.78 is 13.0. The van der Waals surface area contributed by atoms with Crippen LogP contribution in [0.25, 0.3) is 0 Å². The minimum atomic E-state index is -0.360. The van der Waals surface area contributed by atoms with Crippen molar-refractivity contribution in [2.24, 2.45) is 0 Å². The average Bonchev–Trinajstić information content (AvgIpc) is 2.73. The lowest BCUT2D eigenvalue weighted by molar-refractivity contribution is -0.119. The van der Waals surface area contributed by atoms with Crippen LogP contribution in [0, 0.1) is 17.1 Å². The number of nitrogens with one attached hydrogen (secondary N) is 2. The monoisotopic (exact) mass is 233 g/mol. The van der Waals surface area contributed by atoms with Crippen LogP contribution in [-0.2, 0) is 11.3 Å². The molecule has 17 heavy (non-hydrogen) atoms. The van der Waals surface area contributed by atoms with Crippen molar-refractivity contribution in [3.63, 3.8) is 0 Å². The molecule has 0 saturated carbocycles. The van der Waals surface area contributed by atoms with Crippen LogP contribution < -0.4 is 10.6 Å². The number of carbonyl (C=O) groups is 1. The summed E-state index contributed by atoms with van der Waals surface area (Å²) in [5, 5.41) is 14.7. The van der Waals surface area contributed by atoms with Gasteiger partial charge in [0.2, 0.25) is 5.91 Å². The molecule has 1 aliphatic heterocycles. The van der Waals surface area contributed by atoms with Crippen molar-refractivity contribution in [3.8, 4) is 6.07 Å². The third-order valence-corrected chi connectivity index (χ3v) is 2.75. The lowest BCUT2D eigenvalue weighted by Crippen LogP contribution is -2.30. The second-order valence-corrected chi connectivity index (χ2v) is 4.00. The lowest BCUT2D eigenvalue weighted by Gasteiger charge is -2.11. The highest BCUT2D eigenvalue weighted by molar-refractivity contribution is 5.78. The van der Waals surface area contributed by atoms with E-state index in [1.807, 2.05) is 6.07 Å². The zero-order valence-corrected chi connectivity index (χ0v) is 9.16. The van der Waals surface area contributed by atoms with E-state index >= 15 is 0 Å². The van der Waals surface area contributed by atoms with Gasteiger partial charge in [0.25, 0.3) is 0 Å². The molecule has 0 aliphatic carbocycles. The van der Waals surface area contributed by atoms with Gasteiger partial charge in [-0.05, 0) is 23.8 Å². The number of nitriles is 1. The molecule has 1 saturated heterocycles. The van der Waals surface area contributed by atoms with Gasteiger partial charge in [0.1, 0.15) is 5.82 Å². The fourth-order valence-corrected chi connectivity index (χ4v) is 1.82. The van der Waals surface area contributed by atoms with Crippen molar-refractivity contribution < 1.29 is 9.18 Å². The number of benzene rings is 1. The Kier molecular flexibility index (Phi) is 3.35. The second-order valence-electron chi connectivity index (χ2n) is 4.00. The largest absolute Gasteiger partial charge is 0.354 e. The molecule has 1 unspecified atom stereocenters. The SMILES string of the molecule is N#Cc1ccc(F)cc1CNC1CNC(=O)C1. The number of amides is 1. The summed E-state index contributed by atoms with van der Waals surface area (Å²) in [5.41, 5.74) is 1.07. The van der Waals surface area contributed by atoms with E-state index in [1.165, 1.54) is 18.2 Å². The van der Waals surface area contributed by atoms with Gasteiger partial charge in [0.15, 0.2) is 0 Å². The van der Waals surface area contributed by atoms with Crippen LogP contribution in [0.5, 0.6) is 0 Å². The number of hydrogen-bond donors (Lipinski definition) is 2. The van der Waals surface area contributed by atoms with Crippen LogP contribution >= 0.6 is 0 Å². The third-order valence-electron chi connectivity index (χ3n) is 2.75. The Bertz CT molecular complexity index is 481. The molecule has 1 atom stereocenters. The smallest absolute Gasteiger partial charge is 0.221 e. The first-order chi connectivity index (χ1) is 8.19. The summed E-state index contributed by atoms with van der Waals surface area (Å²) in [5.74, 6) is -0.344. The minimum absolute atomic E-state index is 0.0160. The fourth-order valence-electron chi connectivity index (χ4n) is 1.82. The van der Waals surface area contributed by atoms with Crippen LogP contribution in [-0.4, -0.2) is 18.5 Å². The quantitative estimate of drug-likeness (QED) is 0.806. The molecule has 0 spiro atoms. The molecule has 1 fully saturated rings. The van der Waals surface area contributed by atoms with E-state index in [-0.39, 0.29) is 17.8 Å². The van der Waals surface area contributed by atoms with Gasteiger partial charge in [0.05, 0.1) is 11.6 Å². The molecule has 1 aliphatic rings. The molecule has 0 radical (unpaired) electrons. The van der Waals surface area contributed by atoms with Crippen LogP contribution in [0.4, 0.5) is 4.39 Å². The third kappa shape index (κ3) is 2.80. The van der Waals surface area contributed by atoms with Gasteiger partial charge in [0, 0.05) is 25.6 Å². The first kappa shape index (κ1) is 11.6. The van der Waals surface area contributed by atoms with Gasteiger partial charge < -0.3 is 10.6 Å². The molecular formula is C12H12FN3O. The number of carbonyl (C=O) groups excluding carboxylic acids is 1. The summed E-state index contributed by atoms with van der Waals surface area (Å²) in [6.07, 6.45) is 0.428. The van der Waals surface area contributed by atoms with E-state index in [4.69, 9.17) is 5.26 Å². The highest BCUT2D eigenvalue weighted by Crippen LogP contribution is 2.11. The summed E-state index contributed by atoms with van der Waals surface area (Å²) in [7, 11) is 0. The minimum Gasteiger partial charge on any atom is -0.354 e. The molecule has 0 bridgehead atoms. The predicted octanol–water partition coefficient (Wildman–Crippen LogP) is 0.675. The molecule has 1 aromatic rings. The van der Waals surface area contributed by atoms with Gasteiger partial charge in [-0.15, -0.1) is 0 Å². The first-order valence-corrected chi connectivity index (χ1v) is 5.37. The maximum absolute atomic E-state index is 13.0. The molecule has 1 aromatic carbocycles. The van der Waals surface area contributed by atoms with Gasteiger partial charge in [-0.1, -0.05) is 0 Å². The van der Waals surface area contributed by atoms with Crippen molar-refractivity contribution in [3.05, 3.63) is 35.1 Å². The van der Waals surface area contributed by atoms with Crippen molar-refractivity contribution in [1.82, 2.24) is 10.6 Å². The van der Waals surface area contributed by atoms with E-state index in [2.05, 4.69) is 10.6 Å². The predicted molar refractivity (Wildman–Crippen MR) is 59.4 cm³/mol. The molecule has 4 nitrogen and oxygen atoms in total. The summed E-state index contributed by atoms with van der Waals surface area (Å²) in [6, 6.07) is 6.14. The number of halogens is 1. The van der Waals surface area contributed by atoms with Crippen molar-refractivity contribution >= 4 is 5.91 Å². The number of hydrogen-bond acceptors (Lipinski definition) is 3. The van der Waals surface area contributed by atoms with Crippen molar-refractivity contribution in [1.29, 1.82) is 5.26 Å². The lowest BCUT2D eigenvalue weighted by atomic mass is 10.1. The Morgan fingerprint density at radius 1 is 1.59 bits per heavy atom. The Morgan fingerprint density at radius 2 is 2.41 bits per heavy atom. The highest BCUT2D eigenvalue weighted by atomic mass is 19.1. The van der Waals surface area contributed by atoms with Gasteiger partial charge >= 0.3 is 0 Å². The van der Waals surface area contributed by atoms with E-state index in [0.29, 0.717) is 30.6 Å². The molecule has 0 aromatic heterocycles. The Labute approximate surface area is 98.4 Å². The average molecular weight is 233 g/mol. The van der Waals surface area contributed by atoms with Crippen molar-refractivity contribution in [2.75, 3.05) is 6.54 Å². The van der Waals surface area contributed by atoms with Crippen LogP contribution in [0.1, 0.15) is 17.5 Å². The molecule has 5 heteroatoms. The molecule has 1 heterocycles. The van der Waals surface area contributed by atoms with E-state index in [0.717, 1.165) is 0 Å². The zero-order chi connectivity index (χ0) is 12.3. The molecule has 2 N–H and O–H groups in total. The summed E-state index contributed by atoms with van der Waals surface area (Å²) in [4.78, 5) is 11.0. The zero-order valence-electron chi connectivity index (χ0n) is 9.16. The Balaban J connectivity index is 2.01. The Hall–Kier alpha value is -1.93. The maximum Gasteiger partial charge on any atom is 0.221 e. The topological polar surface area (TPSA) is 64.9 Å². The molecule has 2 rings (SSSR count).